The molecule has 2 aromatic carbocycles. The van der Waals surface area contributed by atoms with E-state index in [1.165, 1.54) is 37.7 Å². The maximum Gasteiger partial charge on any atom is 0.325 e. The number of benzene rings is 2. The fourth-order valence-electron chi connectivity index (χ4n) is 3.87. The van der Waals surface area contributed by atoms with Gasteiger partial charge in [-0.15, -0.1) is 0 Å². The highest BCUT2D eigenvalue weighted by atomic mass is 32.2. The molecule has 0 amide bonds. The number of esters is 1. The summed E-state index contributed by atoms with van der Waals surface area (Å²) in [6.07, 6.45) is 3.15. The molecule has 0 unspecified atom stereocenters. The van der Waals surface area contributed by atoms with Crippen molar-refractivity contribution in [2.45, 2.75) is 29.7 Å². The molecule has 0 saturated heterocycles. The average Bonchev–Trinajstić information content (AvgIpc) is 3.05. The van der Waals surface area contributed by atoms with Gasteiger partial charge in [0.25, 0.3) is 0 Å². The van der Waals surface area contributed by atoms with Gasteiger partial charge < -0.3 is 9.30 Å². The molecule has 0 atom stereocenters. The molecule has 32 heavy (non-hydrogen) atoms. The van der Waals surface area contributed by atoms with Crippen molar-refractivity contribution in [1.82, 2.24) is 9.55 Å². The molecule has 0 radical (unpaired) electrons. The molecule has 2 heterocycles. The first-order valence-electron chi connectivity index (χ1n) is 9.90. The quantitative estimate of drug-likeness (QED) is 0.412. The van der Waals surface area contributed by atoms with Gasteiger partial charge >= 0.3 is 5.97 Å². The Morgan fingerprint density at radius 3 is 2.59 bits per heavy atom. The Bertz CT molecular complexity index is 1410. The minimum Gasteiger partial charge on any atom is -0.468 e. The van der Waals surface area contributed by atoms with Crippen LogP contribution in [0.3, 0.4) is 0 Å². The van der Waals surface area contributed by atoms with Crippen molar-refractivity contribution >= 4 is 26.7 Å². The van der Waals surface area contributed by atoms with E-state index in [2.05, 4.69) is 4.98 Å². The summed E-state index contributed by atoms with van der Waals surface area (Å²) in [5, 5.41) is 0.610. The normalized spacial score (nSPS) is 11.6. The number of ether oxygens (including phenoxy) is 1. The molecule has 0 aliphatic heterocycles. The number of sulfone groups is 1. The van der Waals surface area contributed by atoms with Gasteiger partial charge in [-0.25, -0.2) is 12.8 Å². The van der Waals surface area contributed by atoms with E-state index >= 15 is 0 Å². The first-order chi connectivity index (χ1) is 15.3. The first-order valence-corrected chi connectivity index (χ1v) is 11.4. The summed E-state index contributed by atoms with van der Waals surface area (Å²) in [6.45, 7) is 1.78. The van der Waals surface area contributed by atoms with E-state index < -0.39 is 21.6 Å². The number of methoxy groups -OCH3 is 1. The highest BCUT2D eigenvalue weighted by molar-refractivity contribution is 7.91. The molecule has 0 aliphatic rings. The van der Waals surface area contributed by atoms with Crippen LogP contribution < -0.4 is 0 Å². The lowest BCUT2D eigenvalue weighted by Crippen LogP contribution is -2.13. The summed E-state index contributed by atoms with van der Waals surface area (Å²) in [6, 6.07) is 14.0. The van der Waals surface area contributed by atoms with Gasteiger partial charge in [-0.1, -0.05) is 18.2 Å². The van der Waals surface area contributed by atoms with E-state index in [4.69, 9.17) is 4.74 Å². The van der Waals surface area contributed by atoms with E-state index in [0.717, 1.165) is 11.3 Å². The second-order valence-electron chi connectivity index (χ2n) is 7.36. The van der Waals surface area contributed by atoms with Crippen LogP contribution in [0.4, 0.5) is 4.39 Å². The van der Waals surface area contributed by atoms with Crippen molar-refractivity contribution in [2.24, 2.45) is 0 Å². The van der Waals surface area contributed by atoms with E-state index in [1.807, 2.05) is 6.92 Å². The number of rotatable bonds is 6. The third-order valence-corrected chi connectivity index (χ3v) is 7.37. The second kappa shape index (κ2) is 8.55. The van der Waals surface area contributed by atoms with Gasteiger partial charge in [-0.3, -0.25) is 9.78 Å². The minimum absolute atomic E-state index is 0.0350. The summed E-state index contributed by atoms with van der Waals surface area (Å²) in [7, 11) is -2.47. The number of hydrogen-bond donors (Lipinski definition) is 0. The fourth-order valence-corrected chi connectivity index (χ4v) is 5.35. The second-order valence-corrected chi connectivity index (χ2v) is 9.28. The largest absolute Gasteiger partial charge is 0.468 e. The van der Waals surface area contributed by atoms with Crippen molar-refractivity contribution in [3.63, 3.8) is 0 Å². The molecule has 0 aliphatic carbocycles. The molecule has 2 aromatic heterocycles. The van der Waals surface area contributed by atoms with Gasteiger partial charge in [-0.05, 0) is 54.4 Å². The van der Waals surface area contributed by atoms with Crippen LogP contribution in [0.15, 0.2) is 76.8 Å². The molecule has 0 N–H and O–H groups in total. The number of nitrogens with zero attached hydrogens (tertiary/aromatic N) is 2. The number of carbonyl (C=O) groups excluding carboxylic acids is 1. The third kappa shape index (κ3) is 3.89. The van der Waals surface area contributed by atoms with Crippen molar-refractivity contribution in [3.8, 4) is 0 Å². The standard InChI is InChI=1S/C24H21FN2O4S/c1-16-20(21-13-18(25)8-9-22(21)27(16)15-24(28)31-2)12-17-14-26-11-10-23(17)32(29,30)19-6-4-3-5-7-19/h3-11,13-14H,12,15H2,1-2H3. The summed E-state index contributed by atoms with van der Waals surface area (Å²) < 4.78 is 47.2. The van der Waals surface area contributed by atoms with E-state index in [1.54, 1.807) is 41.0 Å². The van der Waals surface area contributed by atoms with E-state index in [9.17, 15) is 17.6 Å². The van der Waals surface area contributed by atoms with Crippen LogP contribution in [0.5, 0.6) is 0 Å². The number of pyridine rings is 1. The minimum atomic E-state index is -3.78. The van der Waals surface area contributed by atoms with Crippen molar-refractivity contribution in [1.29, 1.82) is 0 Å². The first kappa shape index (κ1) is 21.7. The lowest BCUT2D eigenvalue weighted by Gasteiger charge is -2.11. The van der Waals surface area contributed by atoms with Crippen LogP contribution in [-0.4, -0.2) is 31.0 Å². The van der Waals surface area contributed by atoms with Gasteiger partial charge in [-0.2, -0.15) is 0 Å². The lowest BCUT2D eigenvalue weighted by atomic mass is 10.0. The van der Waals surface area contributed by atoms with E-state index in [0.29, 0.717) is 16.5 Å². The predicted octanol–water partition coefficient (Wildman–Crippen LogP) is 4.08. The fraction of sp³-hybridized carbons (Fsp3) is 0.167. The van der Waals surface area contributed by atoms with Crippen LogP contribution in [0.1, 0.15) is 16.8 Å². The Morgan fingerprint density at radius 1 is 1.12 bits per heavy atom. The molecular formula is C24H21FN2O4S. The monoisotopic (exact) mass is 452 g/mol. The molecule has 164 valence electrons. The zero-order valence-electron chi connectivity index (χ0n) is 17.6. The molecule has 4 aromatic rings. The number of carbonyl (C=O) groups is 1. The zero-order chi connectivity index (χ0) is 22.9. The summed E-state index contributed by atoms with van der Waals surface area (Å²) in [5.41, 5.74) is 2.60. The van der Waals surface area contributed by atoms with Gasteiger partial charge in [0.05, 0.1) is 16.9 Å². The van der Waals surface area contributed by atoms with Crippen LogP contribution in [0, 0.1) is 12.7 Å². The summed E-state index contributed by atoms with van der Waals surface area (Å²) in [4.78, 5) is 16.4. The molecule has 4 rings (SSSR count). The molecule has 0 fully saturated rings. The van der Waals surface area contributed by atoms with Gasteiger partial charge in [0.2, 0.25) is 9.84 Å². The smallest absolute Gasteiger partial charge is 0.325 e. The Balaban J connectivity index is 1.86. The van der Waals surface area contributed by atoms with E-state index in [-0.39, 0.29) is 22.8 Å². The van der Waals surface area contributed by atoms with Crippen molar-refractivity contribution in [3.05, 3.63) is 89.6 Å². The maximum atomic E-state index is 14.1. The molecule has 8 heteroatoms. The Hall–Kier alpha value is -3.52. The van der Waals surface area contributed by atoms with Crippen molar-refractivity contribution in [2.75, 3.05) is 7.11 Å². The molecule has 0 saturated carbocycles. The van der Waals surface area contributed by atoms with Gasteiger partial charge in [0.15, 0.2) is 0 Å². The van der Waals surface area contributed by atoms with Gasteiger partial charge in [0.1, 0.15) is 12.4 Å². The van der Waals surface area contributed by atoms with Gasteiger partial charge in [0, 0.05) is 35.4 Å². The Morgan fingerprint density at radius 2 is 1.88 bits per heavy atom. The van der Waals surface area contributed by atoms with Crippen LogP contribution in [0.25, 0.3) is 10.9 Å². The maximum absolute atomic E-state index is 14.1. The highest BCUT2D eigenvalue weighted by Crippen LogP contribution is 2.31. The topological polar surface area (TPSA) is 78.3 Å². The summed E-state index contributed by atoms with van der Waals surface area (Å²) >= 11 is 0. The molecule has 6 nitrogen and oxygen atoms in total. The number of aromatic nitrogens is 2. The number of halogens is 1. The van der Waals surface area contributed by atoms with Crippen LogP contribution in [-0.2, 0) is 32.3 Å². The average molecular weight is 453 g/mol. The highest BCUT2D eigenvalue weighted by Gasteiger charge is 2.24. The third-order valence-electron chi connectivity index (χ3n) is 5.50. The van der Waals surface area contributed by atoms with Crippen LogP contribution in [0.2, 0.25) is 0 Å². The van der Waals surface area contributed by atoms with Crippen LogP contribution >= 0.6 is 0 Å². The summed E-state index contributed by atoms with van der Waals surface area (Å²) in [5.74, 6) is -0.855. The Labute approximate surface area is 185 Å². The predicted molar refractivity (Wildman–Crippen MR) is 118 cm³/mol. The Kier molecular flexibility index (Phi) is 5.80. The number of hydrogen-bond acceptors (Lipinski definition) is 5. The lowest BCUT2D eigenvalue weighted by molar-refractivity contribution is -0.141. The molecular weight excluding hydrogens is 431 g/mol. The SMILES string of the molecule is COC(=O)Cn1c(C)c(Cc2cnccc2S(=O)(=O)c2ccccc2)c2cc(F)ccc21. The molecule has 0 bridgehead atoms. The zero-order valence-corrected chi connectivity index (χ0v) is 18.4. The number of fused-ring (bicyclic) bond motifs is 1. The van der Waals surface area contributed by atoms with Crippen molar-refractivity contribution < 1.29 is 22.3 Å². The molecule has 0 spiro atoms.